The molecule has 0 radical (unpaired) electrons. The molecule has 0 aromatic rings. The van der Waals surface area contributed by atoms with Gasteiger partial charge in [-0.05, 0) is 104 Å². The van der Waals surface area contributed by atoms with Crippen LogP contribution >= 0.6 is 0 Å². The first-order chi connectivity index (χ1) is 15.3. The van der Waals surface area contributed by atoms with Crippen molar-refractivity contribution in [3.8, 4) is 0 Å². The normalized spacial score (nSPS) is 43.0. The third-order valence-electron chi connectivity index (χ3n) is 11.9. The average Bonchev–Trinajstić information content (AvgIpc) is 3.08. The third kappa shape index (κ3) is 3.47. The minimum absolute atomic E-state index is 0.0494. The van der Waals surface area contributed by atoms with Crippen LogP contribution in [0.4, 0.5) is 0 Å². The van der Waals surface area contributed by atoms with E-state index >= 15 is 0 Å². The summed E-state index contributed by atoms with van der Waals surface area (Å²) in [6.45, 7) is 20.8. The predicted molar refractivity (Wildman–Crippen MR) is 138 cm³/mol. The summed E-state index contributed by atoms with van der Waals surface area (Å²) in [5.74, 6) is 2.32. The Balaban J connectivity index is 1.67. The molecule has 4 rings (SSSR count). The van der Waals surface area contributed by atoms with Crippen molar-refractivity contribution >= 4 is 6.29 Å². The molecular formula is C31H50O2. The first-order valence-corrected chi connectivity index (χ1v) is 13.9. The summed E-state index contributed by atoms with van der Waals surface area (Å²) in [4.78, 5) is 13.1. The van der Waals surface area contributed by atoms with Crippen molar-refractivity contribution in [2.24, 2.45) is 45.3 Å². The first kappa shape index (κ1) is 25.2. The molecule has 0 aromatic heterocycles. The van der Waals surface area contributed by atoms with Gasteiger partial charge in [-0.15, -0.1) is 0 Å². The first-order valence-electron chi connectivity index (χ1n) is 13.9. The van der Waals surface area contributed by atoms with Crippen molar-refractivity contribution in [1.82, 2.24) is 0 Å². The van der Waals surface area contributed by atoms with E-state index in [2.05, 4.69) is 55.0 Å². The van der Waals surface area contributed by atoms with Gasteiger partial charge in [-0.3, -0.25) is 0 Å². The number of carbonyl (C=O) groups excluding carboxylic acids is 1. The van der Waals surface area contributed by atoms with Crippen molar-refractivity contribution in [2.45, 2.75) is 119 Å². The number of aldehydes is 1. The van der Waals surface area contributed by atoms with Crippen molar-refractivity contribution in [2.75, 3.05) is 0 Å². The molecule has 2 heteroatoms. The largest absolute Gasteiger partial charge is 0.393 e. The number of hydrogen-bond donors (Lipinski definition) is 1. The molecule has 0 unspecified atom stereocenters. The van der Waals surface area contributed by atoms with E-state index < -0.39 is 0 Å². The highest BCUT2D eigenvalue weighted by Gasteiger charge is 2.65. The SMILES string of the molecule is C=C(CC[C@@H](C)[C@H]1CC[C@@]2(C=O)C3=C(CC[C@]12C)[C@@]1(C)CC[C@H](O)C(C)(C)[C@@H]1CC3)C(C)C. The van der Waals surface area contributed by atoms with Crippen molar-refractivity contribution < 1.29 is 9.90 Å². The van der Waals surface area contributed by atoms with E-state index in [1.165, 1.54) is 24.7 Å². The summed E-state index contributed by atoms with van der Waals surface area (Å²) in [7, 11) is 0. The van der Waals surface area contributed by atoms with Crippen LogP contribution in [0, 0.1) is 45.3 Å². The predicted octanol–water partition coefficient (Wildman–Crippen LogP) is 7.90. The van der Waals surface area contributed by atoms with Crippen LogP contribution in [-0.4, -0.2) is 17.5 Å². The molecule has 7 atom stereocenters. The lowest BCUT2D eigenvalue weighted by atomic mass is 9.43. The maximum atomic E-state index is 13.1. The molecule has 4 aliphatic carbocycles. The Bertz CT molecular complexity index is 834. The van der Waals surface area contributed by atoms with Gasteiger partial charge in [-0.1, -0.05) is 71.8 Å². The van der Waals surface area contributed by atoms with E-state index in [1.54, 1.807) is 11.1 Å². The minimum atomic E-state index is -0.261. The van der Waals surface area contributed by atoms with E-state index in [9.17, 15) is 9.90 Å². The average molecular weight is 455 g/mol. The number of allylic oxidation sites excluding steroid dienone is 3. The number of hydrogen-bond acceptors (Lipinski definition) is 2. The maximum absolute atomic E-state index is 13.1. The van der Waals surface area contributed by atoms with Crippen molar-refractivity contribution in [3.63, 3.8) is 0 Å². The summed E-state index contributed by atoms with van der Waals surface area (Å²) in [5.41, 5.74) is 4.46. The molecule has 0 bridgehead atoms. The van der Waals surface area contributed by atoms with Gasteiger partial charge in [0.15, 0.2) is 0 Å². The Morgan fingerprint density at radius 3 is 2.36 bits per heavy atom. The fourth-order valence-corrected chi connectivity index (χ4v) is 9.49. The molecule has 1 N–H and O–H groups in total. The second-order valence-corrected chi connectivity index (χ2v) is 13.8. The molecule has 2 fully saturated rings. The third-order valence-corrected chi connectivity index (χ3v) is 11.9. The fourth-order valence-electron chi connectivity index (χ4n) is 9.49. The molecule has 2 nitrogen and oxygen atoms in total. The Kier molecular flexibility index (Phi) is 6.38. The molecule has 33 heavy (non-hydrogen) atoms. The Morgan fingerprint density at radius 1 is 1.03 bits per heavy atom. The summed E-state index contributed by atoms with van der Waals surface area (Å²) in [6.07, 6.45) is 12.2. The number of carbonyl (C=O) groups is 1. The molecule has 4 aliphatic rings. The second kappa shape index (κ2) is 8.35. The minimum Gasteiger partial charge on any atom is -0.393 e. The lowest BCUT2D eigenvalue weighted by Crippen LogP contribution is -2.55. The molecule has 0 saturated heterocycles. The van der Waals surface area contributed by atoms with Crippen LogP contribution in [-0.2, 0) is 4.79 Å². The van der Waals surface area contributed by atoms with E-state index in [1.807, 2.05) is 0 Å². The molecule has 0 heterocycles. The van der Waals surface area contributed by atoms with Gasteiger partial charge in [-0.2, -0.15) is 0 Å². The topological polar surface area (TPSA) is 37.3 Å². The lowest BCUT2D eigenvalue weighted by molar-refractivity contribution is -0.125. The zero-order valence-electron chi connectivity index (χ0n) is 22.6. The van der Waals surface area contributed by atoms with Gasteiger partial charge in [0.2, 0.25) is 0 Å². The van der Waals surface area contributed by atoms with Crippen LogP contribution < -0.4 is 0 Å². The van der Waals surface area contributed by atoms with Gasteiger partial charge >= 0.3 is 0 Å². The highest BCUT2D eigenvalue weighted by molar-refractivity contribution is 5.70. The smallest absolute Gasteiger partial charge is 0.130 e. The quantitative estimate of drug-likeness (QED) is 0.327. The standard InChI is InChI=1S/C31H50O2/c1-20(2)21(3)9-10-22(4)23-14-18-31(19-32)25-11-12-26-28(5,6)27(33)15-16-29(26,7)24(25)13-17-30(23,31)8/h19-20,22-23,26-27,33H,3,9-18H2,1-2,4-8H3/t22-,23-,26+,27+,29-,30-,31-/m1/s1. The highest BCUT2D eigenvalue weighted by Crippen LogP contribution is 2.72. The van der Waals surface area contributed by atoms with Crippen LogP contribution in [0.15, 0.2) is 23.3 Å². The molecular weight excluding hydrogens is 404 g/mol. The zero-order chi connectivity index (χ0) is 24.4. The van der Waals surface area contributed by atoms with Crippen molar-refractivity contribution in [3.05, 3.63) is 23.3 Å². The van der Waals surface area contributed by atoms with E-state index in [-0.39, 0.29) is 27.8 Å². The molecule has 0 aromatic carbocycles. The van der Waals surface area contributed by atoms with E-state index in [0.717, 1.165) is 51.4 Å². The monoisotopic (exact) mass is 454 g/mol. The summed E-state index contributed by atoms with van der Waals surface area (Å²) < 4.78 is 0. The molecule has 2 saturated carbocycles. The Morgan fingerprint density at radius 2 is 1.73 bits per heavy atom. The zero-order valence-corrected chi connectivity index (χ0v) is 22.6. The van der Waals surface area contributed by atoms with Gasteiger partial charge in [0, 0.05) is 0 Å². The van der Waals surface area contributed by atoms with E-state index in [4.69, 9.17) is 0 Å². The van der Waals surface area contributed by atoms with Crippen molar-refractivity contribution in [1.29, 1.82) is 0 Å². The second-order valence-electron chi connectivity index (χ2n) is 13.8. The Labute approximate surface area is 203 Å². The number of fused-ring (bicyclic) bond motifs is 4. The van der Waals surface area contributed by atoms with Gasteiger partial charge in [0.05, 0.1) is 11.5 Å². The summed E-state index contributed by atoms with van der Waals surface area (Å²) in [6, 6.07) is 0. The van der Waals surface area contributed by atoms with Gasteiger partial charge in [-0.25, -0.2) is 0 Å². The number of aliphatic hydroxyl groups excluding tert-OH is 1. The van der Waals surface area contributed by atoms with Crippen LogP contribution in [0.5, 0.6) is 0 Å². The van der Waals surface area contributed by atoms with Gasteiger partial charge in [0.1, 0.15) is 6.29 Å². The molecule has 0 aliphatic heterocycles. The van der Waals surface area contributed by atoms with Crippen LogP contribution in [0.25, 0.3) is 0 Å². The highest BCUT2D eigenvalue weighted by atomic mass is 16.3. The molecule has 186 valence electrons. The van der Waals surface area contributed by atoms with Crippen LogP contribution in [0.1, 0.15) is 113 Å². The van der Waals surface area contributed by atoms with Gasteiger partial charge < -0.3 is 9.90 Å². The maximum Gasteiger partial charge on any atom is 0.130 e. The summed E-state index contributed by atoms with van der Waals surface area (Å²) >= 11 is 0. The molecule has 0 amide bonds. The Hall–Kier alpha value is -0.890. The van der Waals surface area contributed by atoms with Crippen LogP contribution in [0.3, 0.4) is 0 Å². The fraction of sp³-hybridized carbons (Fsp3) is 0.839. The van der Waals surface area contributed by atoms with Gasteiger partial charge in [0.25, 0.3) is 0 Å². The number of aliphatic hydroxyl groups is 1. The van der Waals surface area contributed by atoms with E-state index in [0.29, 0.717) is 23.7 Å². The lowest BCUT2D eigenvalue weighted by Gasteiger charge is -2.61. The number of rotatable bonds is 6. The summed E-state index contributed by atoms with van der Waals surface area (Å²) in [5, 5.41) is 10.8. The molecule has 0 spiro atoms. The van der Waals surface area contributed by atoms with Crippen LogP contribution in [0.2, 0.25) is 0 Å².